The van der Waals surface area contributed by atoms with Gasteiger partial charge in [0, 0.05) is 31.0 Å². The van der Waals surface area contributed by atoms with Gasteiger partial charge in [-0.15, -0.1) is 0 Å². The van der Waals surface area contributed by atoms with Gasteiger partial charge in [-0.1, -0.05) is 48.0 Å². The molecule has 5 rings (SSSR count). The number of nitrogens with zero attached hydrogens (tertiary/aromatic N) is 6. The molecule has 11 heteroatoms. The van der Waals surface area contributed by atoms with Gasteiger partial charge < -0.3 is 10.6 Å². The maximum atomic E-state index is 13.3. The standard InChI is InChI=1S/C27H26ClN9O/c28-22-17-33-36-25(22)24-19(14-29)16-31-26(35-24)34-20-9-11-21(12-10-20)37(23-8-4-5-13-30-23)27(38)32-15-18-6-2-1-3-7-18/h1-8,13,16-17,20-21H,9-12,15H2,(H,32,38)(H,33,36)(H,31,34,35)/t20-,21-. The molecule has 0 atom stereocenters. The van der Waals surface area contributed by atoms with Gasteiger partial charge in [-0.25, -0.2) is 19.7 Å². The highest BCUT2D eigenvalue weighted by atomic mass is 35.5. The largest absolute Gasteiger partial charge is 0.351 e. The van der Waals surface area contributed by atoms with Crippen molar-refractivity contribution in [1.29, 1.82) is 5.26 Å². The quantitative estimate of drug-likeness (QED) is 0.310. The van der Waals surface area contributed by atoms with Crippen molar-refractivity contribution in [3.8, 4) is 17.5 Å². The minimum atomic E-state index is -0.167. The molecule has 0 spiro atoms. The Morgan fingerprint density at radius 3 is 2.55 bits per heavy atom. The van der Waals surface area contributed by atoms with Crippen LogP contribution in [-0.4, -0.2) is 43.3 Å². The number of urea groups is 1. The minimum Gasteiger partial charge on any atom is -0.351 e. The first-order valence-electron chi connectivity index (χ1n) is 12.4. The highest BCUT2D eigenvalue weighted by Gasteiger charge is 2.31. The lowest BCUT2D eigenvalue weighted by atomic mass is 9.90. The van der Waals surface area contributed by atoms with Crippen molar-refractivity contribution >= 4 is 29.4 Å². The monoisotopic (exact) mass is 527 g/mol. The second-order valence-electron chi connectivity index (χ2n) is 9.00. The van der Waals surface area contributed by atoms with Crippen LogP contribution >= 0.6 is 11.6 Å². The Bertz CT molecular complexity index is 1410. The normalized spacial score (nSPS) is 16.8. The first-order chi connectivity index (χ1) is 18.6. The first-order valence-corrected chi connectivity index (χ1v) is 12.8. The van der Waals surface area contributed by atoms with Gasteiger partial charge in [-0.05, 0) is 43.4 Å². The lowest BCUT2D eigenvalue weighted by molar-refractivity contribution is 0.240. The predicted octanol–water partition coefficient (Wildman–Crippen LogP) is 4.93. The van der Waals surface area contributed by atoms with Crippen LogP contribution in [-0.2, 0) is 6.54 Å². The summed E-state index contributed by atoms with van der Waals surface area (Å²) in [7, 11) is 0. The van der Waals surface area contributed by atoms with Gasteiger partial charge in [0.15, 0.2) is 0 Å². The zero-order valence-electron chi connectivity index (χ0n) is 20.5. The summed E-state index contributed by atoms with van der Waals surface area (Å²) in [6.45, 7) is 0.443. The second-order valence-corrected chi connectivity index (χ2v) is 9.41. The van der Waals surface area contributed by atoms with Gasteiger partial charge in [-0.3, -0.25) is 10.00 Å². The Balaban J connectivity index is 1.26. The first kappa shape index (κ1) is 25.2. The van der Waals surface area contributed by atoms with Gasteiger partial charge in [0.05, 0.1) is 16.8 Å². The fourth-order valence-corrected chi connectivity index (χ4v) is 4.81. The maximum Gasteiger partial charge on any atom is 0.323 e. The van der Waals surface area contributed by atoms with Crippen molar-refractivity contribution in [2.24, 2.45) is 0 Å². The van der Waals surface area contributed by atoms with Crippen LogP contribution in [0.5, 0.6) is 0 Å². The van der Waals surface area contributed by atoms with E-state index in [1.807, 2.05) is 48.5 Å². The maximum absolute atomic E-state index is 13.3. The molecule has 3 N–H and O–H groups in total. The van der Waals surface area contributed by atoms with Crippen molar-refractivity contribution in [1.82, 2.24) is 30.5 Å². The highest BCUT2D eigenvalue weighted by molar-refractivity contribution is 6.32. The number of amides is 2. The van der Waals surface area contributed by atoms with Crippen molar-refractivity contribution < 1.29 is 4.79 Å². The summed E-state index contributed by atoms with van der Waals surface area (Å²) in [5, 5.41) is 23.1. The van der Waals surface area contributed by atoms with Crippen molar-refractivity contribution in [2.75, 3.05) is 10.2 Å². The van der Waals surface area contributed by atoms with Crippen molar-refractivity contribution in [2.45, 2.75) is 44.3 Å². The molecule has 0 bridgehead atoms. The minimum absolute atomic E-state index is 0.000898. The zero-order valence-corrected chi connectivity index (χ0v) is 21.3. The molecule has 192 valence electrons. The van der Waals surface area contributed by atoms with E-state index >= 15 is 0 Å². The number of benzene rings is 1. The van der Waals surface area contributed by atoms with E-state index in [0.29, 0.717) is 40.3 Å². The summed E-state index contributed by atoms with van der Waals surface area (Å²) in [5.41, 5.74) is 2.11. The molecule has 0 radical (unpaired) electrons. The number of carbonyl (C=O) groups is 1. The third kappa shape index (κ3) is 5.74. The van der Waals surface area contributed by atoms with E-state index in [9.17, 15) is 10.1 Å². The van der Waals surface area contributed by atoms with Crippen LogP contribution in [0.4, 0.5) is 16.6 Å². The third-order valence-corrected chi connectivity index (χ3v) is 6.81. The van der Waals surface area contributed by atoms with Crippen molar-refractivity contribution in [3.63, 3.8) is 0 Å². The van der Waals surface area contributed by atoms with E-state index < -0.39 is 0 Å². The molecule has 2 amide bonds. The number of pyridine rings is 1. The van der Waals surface area contributed by atoms with Crippen LogP contribution in [0.2, 0.25) is 5.02 Å². The molecule has 0 saturated heterocycles. The van der Waals surface area contributed by atoms with Gasteiger partial charge in [0.25, 0.3) is 0 Å². The van der Waals surface area contributed by atoms with Crippen LogP contribution in [0.3, 0.4) is 0 Å². The number of nitrogens with one attached hydrogen (secondary N) is 3. The lowest BCUT2D eigenvalue weighted by Crippen LogP contribution is -2.49. The predicted molar refractivity (Wildman–Crippen MR) is 144 cm³/mol. The van der Waals surface area contributed by atoms with Crippen LogP contribution in [0, 0.1) is 11.3 Å². The summed E-state index contributed by atoms with van der Waals surface area (Å²) in [6.07, 6.45) is 7.89. The van der Waals surface area contributed by atoms with E-state index in [2.05, 4.69) is 41.9 Å². The van der Waals surface area contributed by atoms with E-state index in [-0.39, 0.29) is 18.1 Å². The summed E-state index contributed by atoms with van der Waals surface area (Å²) >= 11 is 6.20. The number of nitriles is 1. The van der Waals surface area contributed by atoms with Gasteiger partial charge in [0.1, 0.15) is 23.3 Å². The van der Waals surface area contributed by atoms with Crippen LogP contribution in [0.1, 0.15) is 36.8 Å². The fraction of sp³-hybridized carbons (Fsp3) is 0.259. The van der Waals surface area contributed by atoms with Crippen LogP contribution in [0.25, 0.3) is 11.4 Å². The number of anilines is 2. The molecule has 3 aromatic heterocycles. The number of H-pyrrole nitrogens is 1. The summed E-state index contributed by atoms with van der Waals surface area (Å²) in [6, 6.07) is 17.5. The van der Waals surface area contributed by atoms with Crippen LogP contribution in [0.15, 0.2) is 67.1 Å². The van der Waals surface area contributed by atoms with Gasteiger partial charge >= 0.3 is 6.03 Å². The SMILES string of the molecule is N#Cc1cnc(N[C@H]2CC[C@H](N(C(=O)NCc3ccccc3)c3ccccn3)CC2)nc1-c1n[nH]cc1Cl. The highest BCUT2D eigenvalue weighted by Crippen LogP contribution is 2.30. The Morgan fingerprint density at radius 1 is 1.08 bits per heavy atom. The molecule has 1 aliphatic rings. The Morgan fingerprint density at radius 2 is 1.87 bits per heavy atom. The Hall–Kier alpha value is -4.49. The molecule has 1 fully saturated rings. The molecule has 0 unspecified atom stereocenters. The zero-order chi connectivity index (χ0) is 26.3. The number of halogens is 1. The molecular formula is C27H26ClN9O. The molecule has 1 aliphatic carbocycles. The molecule has 10 nitrogen and oxygen atoms in total. The number of aromatic amines is 1. The van der Waals surface area contributed by atoms with E-state index in [1.165, 1.54) is 12.4 Å². The van der Waals surface area contributed by atoms with E-state index in [4.69, 9.17) is 11.6 Å². The van der Waals surface area contributed by atoms with Crippen LogP contribution < -0.4 is 15.5 Å². The molecule has 1 saturated carbocycles. The topological polar surface area (TPSA) is 136 Å². The molecular weight excluding hydrogens is 502 g/mol. The summed E-state index contributed by atoms with van der Waals surface area (Å²) < 4.78 is 0. The Labute approximate surface area is 225 Å². The number of carbonyl (C=O) groups excluding carboxylic acids is 1. The molecule has 1 aromatic carbocycles. The number of rotatable bonds is 7. The third-order valence-electron chi connectivity index (χ3n) is 6.52. The van der Waals surface area contributed by atoms with Gasteiger partial charge in [0.2, 0.25) is 5.95 Å². The average Bonchev–Trinajstić information content (AvgIpc) is 3.39. The van der Waals surface area contributed by atoms with E-state index in [0.717, 1.165) is 31.2 Å². The molecule has 4 aromatic rings. The Kier molecular flexibility index (Phi) is 7.75. The molecule has 38 heavy (non-hydrogen) atoms. The summed E-state index contributed by atoms with van der Waals surface area (Å²) in [5.74, 6) is 1.04. The molecule has 3 heterocycles. The smallest absolute Gasteiger partial charge is 0.323 e. The fourth-order valence-electron chi connectivity index (χ4n) is 4.63. The lowest BCUT2D eigenvalue weighted by Gasteiger charge is -2.36. The summed E-state index contributed by atoms with van der Waals surface area (Å²) in [4.78, 5) is 28.4. The number of aromatic nitrogens is 5. The van der Waals surface area contributed by atoms with Gasteiger partial charge in [-0.2, -0.15) is 10.4 Å². The average molecular weight is 528 g/mol. The van der Waals surface area contributed by atoms with Crippen molar-refractivity contribution in [3.05, 3.63) is 83.3 Å². The second kappa shape index (κ2) is 11.7. The number of hydrogen-bond donors (Lipinski definition) is 3. The molecule has 0 aliphatic heterocycles. The number of hydrogen-bond acceptors (Lipinski definition) is 7. The van der Waals surface area contributed by atoms with E-state index in [1.54, 1.807) is 11.1 Å².